The van der Waals surface area contributed by atoms with E-state index in [2.05, 4.69) is 10.6 Å². The van der Waals surface area contributed by atoms with Crippen LogP contribution >= 0.6 is 0 Å². The molecule has 0 saturated heterocycles. The molecule has 6 nitrogen and oxygen atoms in total. The maximum atomic E-state index is 12.2. The molecule has 126 valence electrons. The number of carbonyl (C=O) groups is 2. The van der Waals surface area contributed by atoms with Crippen molar-refractivity contribution in [1.29, 1.82) is 0 Å². The van der Waals surface area contributed by atoms with Gasteiger partial charge < -0.3 is 20.1 Å². The molecule has 2 amide bonds. The molecular weight excluding hydrogens is 308 g/mol. The van der Waals surface area contributed by atoms with Crippen molar-refractivity contribution >= 4 is 23.2 Å². The van der Waals surface area contributed by atoms with Crippen LogP contribution in [0.2, 0.25) is 0 Å². The number of hydrogen-bond donors (Lipinski definition) is 2. The molecule has 24 heavy (non-hydrogen) atoms. The number of hydrogen-bond acceptors (Lipinski definition) is 4. The second kappa shape index (κ2) is 8.01. The zero-order valence-corrected chi connectivity index (χ0v) is 13.9. The summed E-state index contributed by atoms with van der Waals surface area (Å²) in [5.74, 6) is 0.971. The van der Waals surface area contributed by atoms with Crippen LogP contribution < -0.4 is 20.1 Å². The molecule has 2 N–H and O–H groups in total. The lowest BCUT2D eigenvalue weighted by atomic mass is 10.1. The lowest BCUT2D eigenvalue weighted by molar-refractivity contribution is -0.116. The van der Waals surface area contributed by atoms with Gasteiger partial charge in [0.1, 0.15) is 11.5 Å². The summed E-state index contributed by atoms with van der Waals surface area (Å²) in [4.78, 5) is 23.2. The molecule has 0 bridgehead atoms. The van der Waals surface area contributed by atoms with Crippen LogP contribution in [0.1, 0.15) is 12.5 Å². The predicted molar refractivity (Wildman–Crippen MR) is 92.6 cm³/mol. The minimum atomic E-state index is -0.161. The van der Waals surface area contributed by atoms with Crippen molar-refractivity contribution < 1.29 is 19.1 Å². The Kier molecular flexibility index (Phi) is 5.78. The first-order chi connectivity index (χ1) is 11.5. The van der Waals surface area contributed by atoms with E-state index in [0.29, 0.717) is 22.9 Å². The second-order valence-corrected chi connectivity index (χ2v) is 5.16. The summed E-state index contributed by atoms with van der Waals surface area (Å²) in [6, 6.07) is 12.2. The van der Waals surface area contributed by atoms with Gasteiger partial charge in [-0.1, -0.05) is 6.07 Å². The van der Waals surface area contributed by atoms with E-state index in [0.717, 1.165) is 5.56 Å². The molecule has 0 spiro atoms. The second-order valence-electron chi connectivity index (χ2n) is 5.16. The smallest absolute Gasteiger partial charge is 0.228 e. The fourth-order valence-corrected chi connectivity index (χ4v) is 2.22. The molecule has 0 fully saturated rings. The van der Waals surface area contributed by atoms with Gasteiger partial charge in [-0.25, -0.2) is 0 Å². The Morgan fingerprint density at radius 2 is 1.54 bits per heavy atom. The molecule has 2 rings (SSSR count). The number of benzene rings is 2. The number of amides is 2. The first-order valence-electron chi connectivity index (χ1n) is 7.40. The summed E-state index contributed by atoms with van der Waals surface area (Å²) in [5.41, 5.74) is 2.10. The van der Waals surface area contributed by atoms with Crippen LogP contribution in [0.25, 0.3) is 0 Å². The Morgan fingerprint density at radius 3 is 2.08 bits per heavy atom. The summed E-state index contributed by atoms with van der Waals surface area (Å²) in [6.07, 6.45) is 0.181. The molecule has 0 heterocycles. The monoisotopic (exact) mass is 328 g/mol. The van der Waals surface area contributed by atoms with Gasteiger partial charge in [0.15, 0.2) is 0 Å². The van der Waals surface area contributed by atoms with E-state index in [1.54, 1.807) is 56.7 Å². The van der Waals surface area contributed by atoms with Crippen LogP contribution in [0.4, 0.5) is 11.4 Å². The van der Waals surface area contributed by atoms with Gasteiger partial charge in [-0.2, -0.15) is 0 Å². The van der Waals surface area contributed by atoms with Crippen molar-refractivity contribution in [3.63, 3.8) is 0 Å². The van der Waals surface area contributed by atoms with Gasteiger partial charge in [0.2, 0.25) is 11.8 Å². The number of carbonyl (C=O) groups excluding carboxylic acids is 2. The molecule has 2 aromatic rings. The van der Waals surface area contributed by atoms with E-state index in [1.807, 2.05) is 0 Å². The van der Waals surface area contributed by atoms with Crippen LogP contribution in [0.15, 0.2) is 42.5 Å². The third-order valence-corrected chi connectivity index (χ3v) is 3.33. The van der Waals surface area contributed by atoms with Crippen molar-refractivity contribution in [2.24, 2.45) is 0 Å². The minimum absolute atomic E-state index is 0.140. The number of nitrogens with one attached hydrogen (secondary N) is 2. The van der Waals surface area contributed by atoms with Crippen LogP contribution in [-0.4, -0.2) is 26.0 Å². The molecule has 0 atom stereocenters. The maximum absolute atomic E-state index is 12.2. The Hall–Kier alpha value is -3.02. The highest BCUT2D eigenvalue weighted by Crippen LogP contribution is 2.25. The summed E-state index contributed by atoms with van der Waals surface area (Å²) in [7, 11) is 3.13. The van der Waals surface area contributed by atoms with Crippen LogP contribution in [0.3, 0.4) is 0 Å². The zero-order chi connectivity index (χ0) is 17.5. The van der Waals surface area contributed by atoms with E-state index in [4.69, 9.17) is 9.47 Å². The predicted octanol–water partition coefficient (Wildman–Crippen LogP) is 2.84. The molecule has 0 saturated carbocycles. The average Bonchev–Trinajstić information content (AvgIpc) is 2.56. The number of methoxy groups -OCH3 is 2. The lowest BCUT2D eigenvalue weighted by Gasteiger charge is -2.11. The van der Waals surface area contributed by atoms with Crippen molar-refractivity contribution in [3.05, 3.63) is 48.0 Å². The molecule has 0 unspecified atom stereocenters. The van der Waals surface area contributed by atoms with Gasteiger partial charge >= 0.3 is 0 Å². The Balaban J connectivity index is 2.01. The lowest BCUT2D eigenvalue weighted by Crippen LogP contribution is -2.15. The topological polar surface area (TPSA) is 76.7 Å². The fourth-order valence-electron chi connectivity index (χ4n) is 2.22. The molecule has 0 radical (unpaired) electrons. The van der Waals surface area contributed by atoms with Crippen molar-refractivity contribution in [2.45, 2.75) is 13.3 Å². The normalized spacial score (nSPS) is 9.96. The first-order valence-corrected chi connectivity index (χ1v) is 7.40. The van der Waals surface area contributed by atoms with Gasteiger partial charge in [0, 0.05) is 29.9 Å². The highest BCUT2D eigenvalue weighted by molar-refractivity contribution is 5.93. The highest BCUT2D eigenvalue weighted by Gasteiger charge is 2.10. The molecule has 0 aliphatic heterocycles. The van der Waals surface area contributed by atoms with E-state index in [1.165, 1.54) is 6.92 Å². The van der Waals surface area contributed by atoms with Crippen LogP contribution in [0, 0.1) is 0 Å². The summed E-state index contributed by atoms with van der Waals surface area (Å²) in [5, 5.41) is 5.48. The Morgan fingerprint density at radius 1 is 0.917 bits per heavy atom. The first kappa shape index (κ1) is 17.3. The molecule has 0 aromatic heterocycles. The standard InChI is InChI=1S/C18H20N2O4/c1-12(21)19-14-5-7-15(8-6-14)20-18(22)10-13-4-9-16(23-2)11-17(13)24-3/h4-9,11H,10H2,1-3H3,(H,19,21)(H,20,22). The van der Waals surface area contributed by atoms with E-state index in [-0.39, 0.29) is 18.2 Å². The van der Waals surface area contributed by atoms with E-state index < -0.39 is 0 Å². The Bertz CT molecular complexity index is 726. The van der Waals surface area contributed by atoms with Gasteiger partial charge in [-0.05, 0) is 30.3 Å². The SMILES string of the molecule is COc1ccc(CC(=O)Nc2ccc(NC(C)=O)cc2)c(OC)c1. The molecule has 6 heteroatoms. The third kappa shape index (κ3) is 4.74. The average molecular weight is 328 g/mol. The van der Waals surface area contributed by atoms with Crippen molar-refractivity contribution in [3.8, 4) is 11.5 Å². The zero-order valence-electron chi connectivity index (χ0n) is 13.9. The maximum Gasteiger partial charge on any atom is 0.228 e. The van der Waals surface area contributed by atoms with Gasteiger partial charge in [-0.15, -0.1) is 0 Å². The summed E-state index contributed by atoms with van der Waals surface area (Å²) in [6.45, 7) is 1.44. The van der Waals surface area contributed by atoms with Crippen LogP contribution in [-0.2, 0) is 16.0 Å². The highest BCUT2D eigenvalue weighted by atomic mass is 16.5. The molecule has 0 aliphatic rings. The van der Waals surface area contributed by atoms with E-state index >= 15 is 0 Å². The van der Waals surface area contributed by atoms with Crippen molar-refractivity contribution in [2.75, 3.05) is 24.9 Å². The molecule has 2 aromatic carbocycles. The minimum Gasteiger partial charge on any atom is -0.497 e. The quantitative estimate of drug-likeness (QED) is 0.855. The molecule has 0 aliphatic carbocycles. The summed E-state index contributed by atoms with van der Waals surface area (Å²) >= 11 is 0. The fraction of sp³-hybridized carbons (Fsp3) is 0.222. The van der Waals surface area contributed by atoms with E-state index in [9.17, 15) is 9.59 Å². The Labute approximate surface area is 140 Å². The number of ether oxygens (including phenoxy) is 2. The third-order valence-electron chi connectivity index (χ3n) is 3.33. The van der Waals surface area contributed by atoms with Gasteiger partial charge in [-0.3, -0.25) is 9.59 Å². The van der Waals surface area contributed by atoms with Gasteiger partial charge in [0.05, 0.1) is 20.6 Å². The van der Waals surface area contributed by atoms with Gasteiger partial charge in [0.25, 0.3) is 0 Å². The largest absolute Gasteiger partial charge is 0.497 e. The van der Waals surface area contributed by atoms with Crippen molar-refractivity contribution in [1.82, 2.24) is 0 Å². The number of rotatable bonds is 6. The molecular formula is C18H20N2O4. The summed E-state index contributed by atoms with van der Waals surface area (Å²) < 4.78 is 10.4. The number of anilines is 2. The van der Waals surface area contributed by atoms with Crippen LogP contribution in [0.5, 0.6) is 11.5 Å².